The molecule has 0 bridgehead atoms. The number of aromatic nitrogens is 2. The molecule has 0 aliphatic carbocycles. The van der Waals surface area contributed by atoms with Crippen molar-refractivity contribution in [1.82, 2.24) is 9.97 Å². The highest BCUT2D eigenvalue weighted by Gasteiger charge is 2.18. The van der Waals surface area contributed by atoms with Crippen molar-refractivity contribution in [3.63, 3.8) is 0 Å². The maximum atomic E-state index is 12.5. The van der Waals surface area contributed by atoms with Gasteiger partial charge in [-0.05, 0) is 79.9 Å². The zero-order valence-corrected chi connectivity index (χ0v) is 18.5. The van der Waals surface area contributed by atoms with Gasteiger partial charge in [0.25, 0.3) is 0 Å². The zero-order chi connectivity index (χ0) is 23.8. The first-order valence-corrected chi connectivity index (χ1v) is 10.2. The zero-order valence-electron chi connectivity index (χ0n) is 18.5. The highest BCUT2D eigenvalue weighted by molar-refractivity contribution is 5.95. The molecular weight excluding hydrogens is 416 g/mol. The van der Waals surface area contributed by atoms with Crippen molar-refractivity contribution >= 4 is 35.2 Å². The summed E-state index contributed by atoms with van der Waals surface area (Å²) >= 11 is 0. The number of allylic oxidation sites excluding steroid dienone is 1. The van der Waals surface area contributed by atoms with Crippen molar-refractivity contribution < 1.29 is 9.53 Å². The number of rotatable bonds is 7. The second kappa shape index (κ2) is 10.6. The smallest absolute Gasteiger partial charge is 0.343 e. The van der Waals surface area contributed by atoms with Gasteiger partial charge in [0.05, 0.1) is 24.3 Å². The fourth-order valence-corrected chi connectivity index (χ4v) is 3.20. The lowest BCUT2D eigenvalue weighted by molar-refractivity contribution is 0.0526. The third kappa shape index (κ3) is 5.72. The molecule has 3 rings (SSSR count). The van der Waals surface area contributed by atoms with E-state index >= 15 is 0 Å². The van der Waals surface area contributed by atoms with E-state index in [0.717, 1.165) is 22.4 Å². The van der Waals surface area contributed by atoms with Crippen LogP contribution >= 0.6 is 0 Å². The quantitative estimate of drug-likeness (QED) is 0.383. The number of hydrogen-bond acceptors (Lipinski definition) is 8. The second-order valence-electron chi connectivity index (χ2n) is 7.11. The summed E-state index contributed by atoms with van der Waals surface area (Å²) < 4.78 is 5.16. The number of nitriles is 2. The van der Waals surface area contributed by atoms with E-state index in [-0.39, 0.29) is 18.1 Å². The van der Waals surface area contributed by atoms with Crippen LogP contribution in [0.5, 0.6) is 0 Å². The Morgan fingerprint density at radius 2 is 1.82 bits per heavy atom. The van der Waals surface area contributed by atoms with Crippen LogP contribution in [-0.2, 0) is 4.74 Å². The number of carbonyl (C=O) groups is 1. The number of aryl methyl sites for hydroxylation is 2. The molecule has 1 aromatic heterocycles. The number of benzene rings is 2. The fourth-order valence-electron chi connectivity index (χ4n) is 3.20. The third-order valence-electron chi connectivity index (χ3n) is 4.70. The maximum absolute atomic E-state index is 12.5. The summed E-state index contributed by atoms with van der Waals surface area (Å²) in [6, 6.07) is 14.8. The first-order valence-electron chi connectivity index (χ1n) is 10.2. The molecule has 2 N–H and O–H groups in total. The molecule has 0 saturated carbocycles. The van der Waals surface area contributed by atoms with E-state index < -0.39 is 5.97 Å². The van der Waals surface area contributed by atoms with Gasteiger partial charge in [0.1, 0.15) is 5.56 Å². The van der Waals surface area contributed by atoms with Crippen LogP contribution in [0.4, 0.5) is 23.1 Å². The largest absolute Gasteiger partial charge is 0.462 e. The number of carbonyl (C=O) groups excluding carboxylic acids is 1. The Kier molecular flexibility index (Phi) is 7.35. The summed E-state index contributed by atoms with van der Waals surface area (Å²) in [4.78, 5) is 21.3. The molecule has 3 aromatic rings. The predicted octanol–water partition coefficient (Wildman–Crippen LogP) is 5.17. The highest BCUT2D eigenvalue weighted by atomic mass is 16.5. The summed E-state index contributed by atoms with van der Waals surface area (Å²) in [5, 5.41) is 24.1. The van der Waals surface area contributed by atoms with E-state index in [4.69, 9.17) is 15.3 Å². The van der Waals surface area contributed by atoms with Crippen LogP contribution in [0.15, 0.2) is 48.7 Å². The summed E-state index contributed by atoms with van der Waals surface area (Å²) in [5.74, 6) is 0.0408. The SMILES string of the molecule is CCOC(=O)c1cnc(Nc2ccc(C#N)cc2)nc1Nc1c(C)cc(/C=C/C#N)cc1C. The van der Waals surface area contributed by atoms with Crippen molar-refractivity contribution in [3.8, 4) is 12.1 Å². The molecule has 0 radical (unpaired) electrons. The summed E-state index contributed by atoms with van der Waals surface area (Å²) in [6.45, 7) is 5.82. The van der Waals surface area contributed by atoms with E-state index in [1.54, 1.807) is 37.3 Å². The monoisotopic (exact) mass is 438 g/mol. The lowest BCUT2D eigenvalue weighted by atomic mass is 10.0. The molecule has 0 fully saturated rings. The van der Waals surface area contributed by atoms with Crippen LogP contribution in [0.3, 0.4) is 0 Å². The predicted molar refractivity (Wildman–Crippen MR) is 126 cm³/mol. The minimum Gasteiger partial charge on any atom is -0.462 e. The Bertz CT molecular complexity index is 1260. The number of nitrogens with zero attached hydrogens (tertiary/aromatic N) is 4. The first kappa shape index (κ1) is 23.0. The molecule has 33 heavy (non-hydrogen) atoms. The Labute approximate surface area is 192 Å². The molecule has 0 atom stereocenters. The second-order valence-corrected chi connectivity index (χ2v) is 7.11. The van der Waals surface area contributed by atoms with Crippen LogP contribution in [0.25, 0.3) is 6.08 Å². The van der Waals surface area contributed by atoms with Crippen molar-refractivity contribution in [1.29, 1.82) is 10.5 Å². The minimum absolute atomic E-state index is 0.203. The van der Waals surface area contributed by atoms with Gasteiger partial charge in [0.15, 0.2) is 5.82 Å². The van der Waals surface area contributed by atoms with Crippen LogP contribution in [0.2, 0.25) is 0 Å². The lowest BCUT2D eigenvalue weighted by Crippen LogP contribution is -2.12. The van der Waals surface area contributed by atoms with Crippen molar-refractivity contribution in [2.45, 2.75) is 20.8 Å². The Hall–Kier alpha value is -4.69. The molecule has 0 aliphatic heterocycles. The lowest BCUT2D eigenvalue weighted by Gasteiger charge is -2.16. The van der Waals surface area contributed by atoms with Crippen LogP contribution in [-0.4, -0.2) is 22.5 Å². The van der Waals surface area contributed by atoms with E-state index in [1.807, 2.05) is 32.0 Å². The highest BCUT2D eigenvalue weighted by Crippen LogP contribution is 2.28. The van der Waals surface area contributed by atoms with Crippen LogP contribution in [0.1, 0.15) is 39.5 Å². The van der Waals surface area contributed by atoms with Crippen molar-refractivity contribution in [2.75, 3.05) is 17.2 Å². The normalized spacial score (nSPS) is 10.3. The standard InChI is InChI=1S/C25H22N6O2/c1-4-33-24(32)21-15-28-25(29-20-9-7-18(14-27)8-10-20)31-23(21)30-22-16(2)12-19(6-5-11-26)13-17(22)3/h5-10,12-13,15H,4H2,1-3H3,(H2,28,29,30,31)/b6-5+. The summed E-state index contributed by atoms with van der Waals surface area (Å²) in [5.41, 5.74) is 4.97. The molecule has 0 aliphatic rings. The third-order valence-corrected chi connectivity index (χ3v) is 4.70. The summed E-state index contributed by atoms with van der Waals surface area (Å²) in [6.07, 6.45) is 4.57. The summed E-state index contributed by atoms with van der Waals surface area (Å²) in [7, 11) is 0. The van der Waals surface area contributed by atoms with Gasteiger partial charge in [-0.1, -0.05) is 0 Å². The number of anilines is 4. The van der Waals surface area contributed by atoms with Gasteiger partial charge in [0, 0.05) is 23.6 Å². The number of hydrogen-bond donors (Lipinski definition) is 2. The molecule has 0 unspecified atom stereocenters. The number of nitrogens with one attached hydrogen (secondary N) is 2. The molecular formula is C25H22N6O2. The van der Waals surface area contributed by atoms with Crippen molar-refractivity contribution in [3.05, 3.63) is 76.5 Å². The maximum Gasteiger partial charge on any atom is 0.343 e. The molecule has 8 nitrogen and oxygen atoms in total. The fraction of sp³-hybridized carbons (Fsp3) is 0.160. The van der Waals surface area contributed by atoms with Crippen LogP contribution < -0.4 is 10.6 Å². The van der Waals surface area contributed by atoms with Gasteiger partial charge < -0.3 is 15.4 Å². The van der Waals surface area contributed by atoms with Gasteiger partial charge in [-0.3, -0.25) is 0 Å². The van der Waals surface area contributed by atoms with Gasteiger partial charge >= 0.3 is 5.97 Å². The molecule has 2 aromatic carbocycles. The van der Waals surface area contributed by atoms with E-state index in [2.05, 4.69) is 26.7 Å². The number of ether oxygens (including phenoxy) is 1. The molecule has 8 heteroatoms. The van der Waals surface area contributed by atoms with Crippen molar-refractivity contribution in [2.24, 2.45) is 0 Å². The molecule has 1 heterocycles. The van der Waals surface area contributed by atoms with Gasteiger partial charge in [-0.25, -0.2) is 9.78 Å². The van der Waals surface area contributed by atoms with Gasteiger partial charge in [-0.2, -0.15) is 15.5 Å². The minimum atomic E-state index is -0.534. The first-order chi connectivity index (χ1) is 15.9. The average Bonchev–Trinajstić information content (AvgIpc) is 2.81. The Morgan fingerprint density at radius 1 is 1.12 bits per heavy atom. The van der Waals surface area contributed by atoms with Crippen LogP contribution in [0, 0.1) is 36.5 Å². The van der Waals surface area contributed by atoms with E-state index in [9.17, 15) is 4.79 Å². The Morgan fingerprint density at radius 3 is 2.42 bits per heavy atom. The molecule has 0 saturated heterocycles. The van der Waals surface area contributed by atoms with E-state index in [0.29, 0.717) is 17.1 Å². The topological polar surface area (TPSA) is 124 Å². The van der Waals surface area contributed by atoms with Gasteiger partial charge in [0.2, 0.25) is 5.95 Å². The van der Waals surface area contributed by atoms with E-state index in [1.165, 1.54) is 12.3 Å². The number of esters is 1. The van der Waals surface area contributed by atoms with Gasteiger partial charge in [-0.15, -0.1) is 0 Å². The Balaban J connectivity index is 1.98. The molecule has 164 valence electrons. The average molecular weight is 438 g/mol. The molecule has 0 spiro atoms. The molecule has 0 amide bonds.